The maximum Gasteiger partial charge on any atom is 0.191 e. The molecule has 0 fully saturated rings. The van der Waals surface area contributed by atoms with Crippen molar-refractivity contribution in [2.45, 2.75) is 26.0 Å². The van der Waals surface area contributed by atoms with Gasteiger partial charge in [-0.15, -0.1) is 0 Å². The summed E-state index contributed by atoms with van der Waals surface area (Å²) in [7, 11) is 0. The van der Waals surface area contributed by atoms with E-state index in [2.05, 4.69) is 55.6 Å². The number of nitrogens with one attached hydrogen (secondary N) is 2. The summed E-state index contributed by atoms with van der Waals surface area (Å²) < 4.78 is 9.01. The minimum absolute atomic E-state index is 0.124. The van der Waals surface area contributed by atoms with Gasteiger partial charge in [-0.3, -0.25) is 0 Å². The number of hydrogen-bond acceptors (Lipinski definition) is 3. The first-order chi connectivity index (χ1) is 13.2. The molecular weight excluding hydrogens is 406 g/mol. The van der Waals surface area contributed by atoms with Crippen LogP contribution in [0.2, 0.25) is 0 Å². The third-order valence-electron chi connectivity index (χ3n) is 4.42. The molecule has 27 heavy (non-hydrogen) atoms. The summed E-state index contributed by atoms with van der Waals surface area (Å²) in [6.07, 6.45) is 5.04. The third-order valence-corrected chi connectivity index (χ3v) is 4.89. The molecular formula is C20H22BrN5O. The second-order valence-corrected chi connectivity index (χ2v) is 7.39. The van der Waals surface area contributed by atoms with E-state index in [1.54, 1.807) is 0 Å². The van der Waals surface area contributed by atoms with E-state index in [-0.39, 0.29) is 6.10 Å². The number of benzene rings is 1. The van der Waals surface area contributed by atoms with Gasteiger partial charge in [-0.2, -0.15) is 0 Å². The summed E-state index contributed by atoms with van der Waals surface area (Å²) in [6, 6.07) is 12.2. The average molecular weight is 428 g/mol. The first-order valence-electron chi connectivity index (χ1n) is 9.11. The Kier molecular flexibility index (Phi) is 5.29. The number of fused-ring (bicyclic) bond motifs is 2. The molecule has 1 atom stereocenters. The van der Waals surface area contributed by atoms with Crippen molar-refractivity contribution in [3.8, 4) is 5.75 Å². The molecule has 1 aliphatic heterocycles. The van der Waals surface area contributed by atoms with E-state index in [9.17, 15) is 0 Å². The first-order valence-corrected chi connectivity index (χ1v) is 9.90. The van der Waals surface area contributed by atoms with Crippen LogP contribution in [0, 0.1) is 0 Å². The molecule has 4 rings (SSSR count). The number of guanidine groups is 1. The zero-order valence-corrected chi connectivity index (χ0v) is 16.7. The fourth-order valence-corrected chi connectivity index (χ4v) is 3.53. The lowest BCUT2D eigenvalue weighted by molar-refractivity contribution is 0.235. The van der Waals surface area contributed by atoms with E-state index in [1.165, 1.54) is 5.56 Å². The highest BCUT2D eigenvalue weighted by atomic mass is 79.9. The number of pyridine rings is 1. The number of aliphatic imine (C=N–C) groups is 1. The first kappa shape index (κ1) is 17.9. The third kappa shape index (κ3) is 4.24. The molecule has 0 saturated heterocycles. The summed E-state index contributed by atoms with van der Waals surface area (Å²) in [5, 5.41) is 6.66. The zero-order chi connectivity index (χ0) is 18.6. The molecule has 6 nitrogen and oxygen atoms in total. The molecule has 0 radical (unpaired) electrons. The van der Waals surface area contributed by atoms with Crippen LogP contribution in [0.25, 0.3) is 5.65 Å². The van der Waals surface area contributed by atoms with Gasteiger partial charge in [0.05, 0.1) is 18.8 Å². The average Bonchev–Trinajstić information content (AvgIpc) is 3.26. The number of rotatable bonds is 5. The van der Waals surface area contributed by atoms with Crippen molar-refractivity contribution in [2.75, 3.05) is 13.1 Å². The number of imidazole rings is 1. The van der Waals surface area contributed by atoms with E-state index < -0.39 is 0 Å². The maximum absolute atomic E-state index is 5.98. The van der Waals surface area contributed by atoms with Crippen molar-refractivity contribution in [2.24, 2.45) is 4.99 Å². The van der Waals surface area contributed by atoms with Crippen LogP contribution >= 0.6 is 15.9 Å². The van der Waals surface area contributed by atoms with Crippen LogP contribution in [0.5, 0.6) is 5.75 Å². The van der Waals surface area contributed by atoms with Crippen LogP contribution < -0.4 is 15.4 Å². The second kappa shape index (κ2) is 8.00. The fraction of sp³-hybridized carbons (Fsp3) is 0.300. The zero-order valence-electron chi connectivity index (χ0n) is 15.2. The van der Waals surface area contributed by atoms with Crippen LogP contribution in [0.4, 0.5) is 0 Å². The highest BCUT2D eigenvalue weighted by Gasteiger charge is 2.22. The molecule has 3 heterocycles. The Bertz CT molecular complexity index is 943. The Morgan fingerprint density at radius 1 is 1.26 bits per heavy atom. The predicted molar refractivity (Wildman–Crippen MR) is 110 cm³/mol. The van der Waals surface area contributed by atoms with Crippen LogP contribution in [0.15, 0.2) is 58.3 Å². The van der Waals surface area contributed by atoms with Gasteiger partial charge in [-0.05, 0) is 46.6 Å². The smallest absolute Gasteiger partial charge is 0.191 e. The van der Waals surface area contributed by atoms with Gasteiger partial charge in [-0.25, -0.2) is 9.98 Å². The van der Waals surface area contributed by atoms with Crippen molar-refractivity contribution in [1.82, 2.24) is 20.0 Å². The molecule has 1 aromatic carbocycles. The lowest BCUT2D eigenvalue weighted by Gasteiger charge is -2.15. The van der Waals surface area contributed by atoms with Crippen LogP contribution in [-0.4, -0.2) is 34.5 Å². The Labute approximate surface area is 166 Å². The summed E-state index contributed by atoms with van der Waals surface area (Å²) in [4.78, 5) is 9.27. The van der Waals surface area contributed by atoms with Crippen molar-refractivity contribution in [3.05, 3.63) is 64.5 Å². The van der Waals surface area contributed by atoms with Crippen molar-refractivity contribution >= 4 is 27.5 Å². The van der Waals surface area contributed by atoms with Crippen molar-refractivity contribution in [1.29, 1.82) is 0 Å². The Morgan fingerprint density at radius 3 is 3.00 bits per heavy atom. The van der Waals surface area contributed by atoms with E-state index in [1.807, 2.05) is 41.1 Å². The summed E-state index contributed by atoms with van der Waals surface area (Å²) >= 11 is 3.48. The van der Waals surface area contributed by atoms with Gasteiger partial charge >= 0.3 is 0 Å². The number of ether oxygens (including phenoxy) is 1. The molecule has 140 valence electrons. The lowest BCUT2D eigenvalue weighted by atomic mass is 10.1. The van der Waals surface area contributed by atoms with Crippen LogP contribution in [0.1, 0.15) is 18.2 Å². The molecule has 0 aliphatic carbocycles. The molecule has 3 aromatic rings. The van der Waals surface area contributed by atoms with Crippen molar-refractivity contribution in [3.63, 3.8) is 0 Å². The highest BCUT2D eigenvalue weighted by molar-refractivity contribution is 9.10. The van der Waals surface area contributed by atoms with E-state index >= 15 is 0 Å². The van der Waals surface area contributed by atoms with E-state index in [0.717, 1.165) is 40.5 Å². The number of nitrogens with zero attached hydrogens (tertiary/aromatic N) is 3. The molecule has 1 unspecified atom stereocenters. The van der Waals surface area contributed by atoms with Gasteiger partial charge in [0, 0.05) is 29.8 Å². The molecule has 0 saturated carbocycles. The largest absolute Gasteiger partial charge is 0.488 e. The summed E-state index contributed by atoms with van der Waals surface area (Å²) in [5.41, 5.74) is 3.11. The minimum Gasteiger partial charge on any atom is -0.488 e. The Balaban J connectivity index is 1.38. The van der Waals surface area contributed by atoms with Gasteiger partial charge in [-0.1, -0.05) is 18.2 Å². The number of hydrogen-bond donors (Lipinski definition) is 2. The molecule has 0 amide bonds. The van der Waals surface area contributed by atoms with Gasteiger partial charge in [0.1, 0.15) is 17.5 Å². The molecule has 2 N–H and O–H groups in total. The minimum atomic E-state index is 0.124. The number of para-hydroxylation sites is 1. The Hall–Kier alpha value is -2.54. The normalized spacial score (nSPS) is 16.2. The quantitative estimate of drug-likeness (QED) is 0.484. The van der Waals surface area contributed by atoms with Crippen LogP contribution in [-0.2, 0) is 13.0 Å². The molecule has 2 aromatic heterocycles. The lowest BCUT2D eigenvalue weighted by Crippen LogP contribution is -2.42. The predicted octanol–water partition coefficient (Wildman–Crippen LogP) is 3.16. The molecule has 7 heteroatoms. The van der Waals surface area contributed by atoms with Gasteiger partial charge in [0.2, 0.25) is 0 Å². The van der Waals surface area contributed by atoms with Crippen molar-refractivity contribution < 1.29 is 4.74 Å². The van der Waals surface area contributed by atoms with Gasteiger partial charge in [0.25, 0.3) is 0 Å². The number of aromatic nitrogens is 2. The maximum atomic E-state index is 5.98. The summed E-state index contributed by atoms with van der Waals surface area (Å²) in [5.74, 6) is 1.76. The van der Waals surface area contributed by atoms with Crippen LogP contribution in [0.3, 0.4) is 0 Å². The fourth-order valence-electron chi connectivity index (χ4n) is 3.17. The summed E-state index contributed by atoms with van der Waals surface area (Å²) in [6.45, 7) is 4.08. The van der Waals surface area contributed by atoms with Gasteiger partial charge in [0.15, 0.2) is 5.96 Å². The SMILES string of the molecule is CCNC(=NCc1cn2cc(Br)ccc2n1)NCC1Cc2ccccc2O1. The molecule has 0 spiro atoms. The monoisotopic (exact) mass is 427 g/mol. The molecule has 1 aliphatic rings. The van der Waals surface area contributed by atoms with E-state index in [0.29, 0.717) is 13.1 Å². The molecule has 0 bridgehead atoms. The highest BCUT2D eigenvalue weighted by Crippen LogP contribution is 2.27. The topological polar surface area (TPSA) is 63.0 Å². The Morgan fingerprint density at radius 2 is 2.15 bits per heavy atom. The second-order valence-electron chi connectivity index (χ2n) is 6.47. The van der Waals surface area contributed by atoms with E-state index in [4.69, 9.17) is 4.74 Å². The standard InChI is InChI=1S/C20H22BrN5O/c1-2-22-20(24-11-17-9-14-5-3-4-6-18(14)27-17)23-10-16-13-26-12-15(21)7-8-19(26)25-16/h3-8,12-13,17H,2,9-11H2,1H3,(H2,22,23,24). The number of halogens is 1. The van der Waals surface area contributed by atoms with Gasteiger partial charge < -0.3 is 19.8 Å².